The van der Waals surface area contributed by atoms with Crippen molar-refractivity contribution in [3.8, 4) is 11.1 Å². The Labute approximate surface area is 155 Å². The lowest BCUT2D eigenvalue weighted by molar-refractivity contribution is -0.155. The first-order valence-corrected chi connectivity index (χ1v) is 8.33. The second kappa shape index (κ2) is 5.87. The van der Waals surface area contributed by atoms with Crippen molar-refractivity contribution in [1.82, 2.24) is 0 Å². The molecule has 3 rings (SSSR count). The highest BCUT2D eigenvalue weighted by Crippen LogP contribution is 2.52. The van der Waals surface area contributed by atoms with Crippen LogP contribution in [0, 0.1) is 13.8 Å². The van der Waals surface area contributed by atoms with Crippen LogP contribution >= 0.6 is 0 Å². The lowest BCUT2D eigenvalue weighted by atomic mass is 9.74. The molecule has 2 N–H and O–H groups in total. The van der Waals surface area contributed by atoms with E-state index < -0.39 is 17.4 Å². The molecule has 1 aliphatic rings. The van der Waals surface area contributed by atoms with Gasteiger partial charge in [0.25, 0.3) is 0 Å². The monoisotopic (exact) mass is 366 g/mol. The summed E-state index contributed by atoms with van der Waals surface area (Å²) in [7, 11) is 0. The average Bonchev–Trinajstić information content (AvgIpc) is 2.85. The summed E-state index contributed by atoms with van der Waals surface area (Å²) in [5.41, 5.74) is 0.177. The normalized spacial score (nSPS) is 13.6. The van der Waals surface area contributed by atoms with E-state index in [1.807, 2.05) is 0 Å². The van der Waals surface area contributed by atoms with E-state index in [9.17, 15) is 29.4 Å². The van der Waals surface area contributed by atoms with Gasteiger partial charge in [0.05, 0.1) is 0 Å². The Bertz CT molecular complexity index is 1050. The van der Waals surface area contributed by atoms with Crippen LogP contribution in [-0.4, -0.2) is 33.7 Å². The molecule has 27 heavy (non-hydrogen) atoms. The maximum Gasteiger partial charge on any atom is 0.330 e. The van der Waals surface area contributed by atoms with Crippen LogP contribution in [0.2, 0.25) is 0 Å². The van der Waals surface area contributed by atoms with Gasteiger partial charge in [0, 0.05) is 11.1 Å². The molecule has 0 heterocycles. The third-order valence-corrected chi connectivity index (χ3v) is 5.26. The van der Waals surface area contributed by atoms with E-state index in [2.05, 4.69) is 0 Å². The summed E-state index contributed by atoms with van der Waals surface area (Å²) in [5.74, 6) is -3.68. The van der Waals surface area contributed by atoms with E-state index >= 15 is 0 Å². The van der Waals surface area contributed by atoms with Crippen LogP contribution in [0.5, 0.6) is 0 Å². The van der Waals surface area contributed by atoms with Gasteiger partial charge in [0.1, 0.15) is 0 Å². The molecule has 2 aromatic rings. The number of hydrogen-bond acceptors (Lipinski definition) is 4. The van der Waals surface area contributed by atoms with Gasteiger partial charge in [-0.2, -0.15) is 0 Å². The van der Waals surface area contributed by atoms with Crippen molar-refractivity contribution in [2.24, 2.45) is 0 Å². The molecule has 0 unspecified atom stereocenters. The molecule has 0 fully saturated rings. The Morgan fingerprint density at radius 1 is 0.852 bits per heavy atom. The molecular formula is C21H18O6. The van der Waals surface area contributed by atoms with E-state index in [4.69, 9.17) is 0 Å². The number of hydrogen-bond donors (Lipinski definition) is 2. The van der Waals surface area contributed by atoms with E-state index in [1.165, 1.54) is 19.9 Å². The van der Waals surface area contributed by atoms with Crippen LogP contribution < -0.4 is 0 Å². The first-order valence-electron chi connectivity index (χ1n) is 8.33. The first kappa shape index (κ1) is 18.5. The summed E-state index contributed by atoms with van der Waals surface area (Å²) in [4.78, 5) is 48.6. The van der Waals surface area contributed by atoms with Gasteiger partial charge in [-0.1, -0.05) is 18.2 Å². The van der Waals surface area contributed by atoms with Crippen LogP contribution in [0.15, 0.2) is 24.3 Å². The largest absolute Gasteiger partial charge is 0.480 e. The minimum Gasteiger partial charge on any atom is -0.480 e. The maximum absolute atomic E-state index is 12.3. The quantitative estimate of drug-likeness (QED) is 0.636. The molecule has 0 aliphatic heterocycles. The highest BCUT2D eigenvalue weighted by atomic mass is 16.4. The Balaban J connectivity index is 2.57. The fraction of sp³-hybridized carbons (Fsp3) is 0.238. The van der Waals surface area contributed by atoms with Crippen molar-refractivity contribution in [2.75, 3.05) is 0 Å². The number of carboxylic acid groups (broad SMARTS) is 2. The molecule has 0 spiro atoms. The van der Waals surface area contributed by atoms with Crippen molar-refractivity contribution in [3.05, 3.63) is 57.6 Å². The minimum absolute atomic E-state index is 0.0356. The molecule has 6 nitrogen and oxygen atoms in total. The SMILES string of the molecule is CC(=O)c1ccc2c(c1)C(C(=O)O)(C(=O)O)c1c-2cc(C)c(C(C)=O)c1C. The number of carbonyl (C=O) groups excluding carboxylic acids is 2. The number of carboxylic acids is 2. The van der Waals surface area contributed by atoms with Crippen molar-refractivity contribution in [2.45, 2.75) is 33.1 Å². The molecule has 0 amide bonds. The Morgan fingerprint density at radius 2 is 1.44 bits per heavy atom. The fourth-order valence-corrected chi connectivity index (χ4v) is 4.20. The summed E-state index contributed by atoms with van der Waals surface area (Å²) >= 11 is 0. The van der Waals surface area contributed by atoms with Crippen LogP contribution in [0.4, 0.5) is 0 Å². The van der Waals surface area contributed by atoms with E-state index in [-0.39, 0.29) is 28.3 Å². The Hall–Kier alpha value is -3.28. The molecule has 0 saturated heterocycles. The number of rotatable bonds is 4. The van der Waals surface area contributed by atoms with Crippen molar-refractivity contribution >= 4 is 23.5 Å². The lowest BCUT2D eigenvalue weighted by Crippen LogP contribution is -2.44. The molecule has 138 valence electrons. The standard InChI is InChI=1S/C21H18O6/c1-9-7-15-14-6-5-13(11(3)22)8-16(14)21(19(24)25,20(26)27)18(15)10(2)17(9)12(4)23/h5-8H,1-4H3,(H,24,25)(H,26,27). The molecule has 0 aromatic heterocycles. The number of benzene rings is 2. The van der Waals surface area contributed by atoms with Crippen LogP contribution in [0.3, 0.4) is 0 Å². The number of aliphatic carboxylic acids is 2. The number of ketones is 2. The van der Waals surface area contributed by atoms with Crippen molar-refractivity contribution < 1.29 is 29.4 Å². The maximum atomic E-state index is 12.3. The fourth-order valence-electron chi connectivity index (χ4n) is 4.20. The van der Waals surface area contributed by atoms with Crippen LogP contribution in [0.25, 0.3) is 11.1 Å². The second-order valence-corrected chi connectivity index (χ2v) is 6.85. The van der Waals surface area contributed by atoms with Gasteiger partial charge in [0.2, 0.25) is 5.41 Å². The van der Waals surface area contributed by atoms with Crippen molar-refractivity contribution in [3.63, 3.8) is 0 Å². The third-order valence-electron chi connectivity index (χ3n) is 5.26. The molecule has 1 aliphatic carbocycles. The van der Waals surface area contributed by atoms with E-state index in [0.29, 0.717) is 27.8 Å². The first-order chi connectivity index (χ1) is 12.5. The number of aryl methyl sites for hydroxylation is 1. The predicted molar refractivity (Wildman–Crippen MR) is 97.4 cm³/mol. The number of Topliss-reactive ketones (excluding diaryl/α,β-unsaturated/α-hetero) is 2. The van der Waals surface area contributed by atoms with Gasteiger partial charge >= 0.3 is 11.9 Å². The molecule has 0 saturated carbocycles. The molecular weight excluding hydrogens is 348 g/mol. The summed E-state index contributed by atoms with van der Waals surface area (Å²) < 4.78 is 0. The predicted octanol–water partition coefficient (Wildman–Crippen LogP) is 3.14. The minimum atomic E-state index is -2.38. The molecule has 0 radical (unpaired) electrons. The van der Waals surface area contributed by atoms with Gasteiger partial charge < -0.3 is 10.2 Å². The van der Waals surface area contributed by atoms with Gasteiger partial charge in [0.15, 0.2) is 11.6 Å². The zero-order valence-electron chi connectivity index (χ0n) is 15.3. The second-order valence-electron chi connectivity index (χ2n) is 6.85. The van der Waals surface area contributed by atoms with Crippen LogP contribution in [0.1, 0.15) is 56.8 Å². The molecule has 6 heteroatoms. The summed E-state index contributed by atoms with van der Waals surface area (Å²) in [6, 6.07) is 6.11. The van der Waals surface area contributed by atoms with Gasteiger partial charge in [-0.25, -0.2) is 0 Å². The summed E-state index contributed by atoms with van der Waals surface area (Å²) in [5, 5.41) is 20.1. The number of fused-ring (bicyclic) bond motifs is 3. The lowest BCUT2D eigenvalue weighted by Gasteiger charge is -2.25. The van der Waals surface area contributed by atoms with E-state index in [1.54, 1.807) is 32.0 Å². The highest BCUT2D eigenvalue weighted by Gasteiger charge is 2.57. The zero-order chi connectivity index (χ0) is 20.3. The molecule has 0 atom stereocenters. The third kappa shape index (κ3) is 2.26. The molecule has 0 bridgehead atoms. The Kier molecular flexibility index (Phi) is 4.03. The summed E-state index contributed by atoms with van der Waals surface area (Å²) in [6.45, 7) is 5.99. The van der Waals surface area contributed by atoms with E-state index in [0.717, 1.165) is 0 Å². The molecule has 2 aromatic carbocycles. The van der Waals surface area contributed by atoms with Gasteiger partial charge in [-0.15, -0.1) is 0 Å². The average molecular weight is 366 g/mol. The van der Waals surface area contributed by atoms with Gasteiger partial charge in [-0.3, -0.25) is 19.2 Å². The Morgan fingerprint density at radius 3 is 1.93 bits per heavy atom. The number of carbonyl (C=O) groups is 4. The summed E-state index contributed by atoms with van der Waals surface area (Å²) in [6.07, 6.45) is 0. The topological polar surface area (TPSA) is 109 Å². The zero-order valence-corrected chi connectivity index (χ0v) is 15.3. The smallest absolute Gasteiger partial charge is 0.330 e. The van der Waals surface area contributed by atoms with Gasteiger partial charge in [-0.05, 0) is 67.1 Å². The van der Waals surface area contributed by atoms with Crippen molar-refractivity contribution in [1.29, 1.82) is 0 Å². The highest BCUT2D eigenvalue weighted by molar-refractivity contribution is 6.16. The van der Waals surface area contributed by atoms with Crippen LogP contribution in [-0.2, 0) is 15.0 Å².